The first-order chi connectivity index (χ1) is 23.8. The van der Waals surface area contributed by atoms with Gasteiger partial charge in [0.15, 0.2) is 0 Å². The third-order valence-electron chi connectivity index (χ3n) is 10.9. The maximum absolute atomic E-state index is 5.26. The molecule has 1 aliphatic carbocycles. The van der Waals surface area contributed by atoms with Crippen molar-refractivity contribution in [3.8, 4) is 33.4 Å². The van der Waals surface area contributed by atoms with Crippen molar-refractivity contribution in [2.45, 2.75) is 12.3 Å². The summed E-state index contributed by atoms with van der Waals surface area (Å²) in [5, 5.41) is 10.6. The van der Waals surface area contributed by atoms with Gasteiger partial charge in [0.25, 0.3) is 0 Å². The highest BCUT2D eigenvalue weighted by Gasteiger charge is 2.33. The van der Waals surface area contributed by atoms with E-state index in [0.29, 0.717) is 0 Å². The molecule has 0 N–H and O–H groups in total. The fourth-order valence-electron chi connectivity index (χ4n) is 8.80. The molecule has 2 aliphatic rings. The van der Waals surface area contributed by atoms with Crippen LogP contribution < -0.4 is 0 Å². The number of benzene rings is 9. The molecule has 0 bridgehead atoms. The molecular formula is C47H29N. The monoisotopic (exact) mass is 607 g/mol. The molecular weight excluding hydrogens is 579 g/mol. The summed E-state index contributed by atoms with van der Waals surface area (Å²) in [6, 6.07) is 58.5. The van der Waals surface area contributed by atoms with Crippen LogP contribution in [-0.4, -0.2) is 5.71 Å². The predicted molar refractivity (Wildman–Crippen MR) is 203 cm³/mol. The van der Waals surface area contributed by atoms with E-state index in [2.05, 4.69) is 158 Å². The van der Waals surface area contributed by atoms with Crippen LogP contribution in [0, 0.1) is 0 Å². The van der Waals surface area contributed by atoms with Crippen LogP contribution in [0.15, 0.2) is 163 Å². The first kappa shape index (κ1) is 26.1. The van der Waals surface area contributed by atoms with E-state index in [4.69, 9.17) is 4.99 Å². The Balaban J connectivity index is 1.08. The van der Waals surface area contributed by atoms with Crippen LogP contribution in [0.2, 0.25) is 0 Å². The summed E-state index contributed by atoms with van der Waals surface area (Å²) in [7, 11) is 0. The molecule has 0 aromatic heterocycles. The van der Waals surface area contributed by atoms with Gasteiger partial charge in [0.05, 0.1) is 11.4 Å². The summed E-state index contributed by atoms with van der Waals surface area (Å²) in [6.45, 7) is 0. The molecule has 1 unspecified atom stereocenters. The largest absolute Gasteiger partial charge is 0.252 e. The Labute approximate surface area is 278 Å². The van der Waals surface area contributed by atoms with Gasteiger partial charge in [0.1, 0.15) is 0 Å². The van der Waals surface area contributed by atoms with Gasteiger partial charge in [-0.1, -0.05) is 140 Å². The molecule has 0 fully saturated rings. The van der Waals surface area contributed by atoms with Crippen molar-refractivity contribution in [2.24, 2.45) is 4.99 Å². The molecule has 1 heteroatoms. The zero-order valence-corrected chi connectivity index (χ0v) is 26.2. The van der Waals surface area contributed by atoms with Crippen molar-refractivity contribution >= 4 is 54.5 Å². The zero-order valence-electron chi connectivity index (χ0n) is 26.2. The molecule has 0 saturated heterocycles. The average Bonchev–Trinajstić information content (AvgIpc) is 3.16. The molecule has 0 saturated carbocycles. The fourth-order valence-corrected chi connectivity index (χ4v) is 8.80. The van der Waals surface area contributed by atoms with Crippen LogP contribution in [0.3, 0.4) is 0 Å². The normalized spacial score (nSPS) is 14.9. The van der Waals surface area contributed by atoms with Crippen molar-refractivity contribution in [3.05, 3.63) is 174 Å². The third kappa shape index (κ3) is 3.59. The lowest BCUT2D eigenvalue weighted by Crippen LogP contribution is -2.24. The Morgan fingerprint density at radius 2 is 1.08 bits per heavy atom. The van der Waals surface area contributed by atoms with Gasteiger partial charge < -0.3 is 0 Å². The van der Waals surface area contributed by atoms with Gasteiger partial charge in [-0.2, -0.15) is 0 Å². The molecule has 9 aromatic carbocycles. The maximum atomic E-state index is 5.26. The molecule has 9 aromatic rings. The average molecular weight is 608 g/mol. The summed E-state index contributed by atoms with van der Waals surface area (Å²) in [6.07, 6.45) is 0.991. The highest BCUT2D eigenvalue weighted by atomic mass is 14.8. The molecule has 1 heterocycles. The van der Waals surface area contributed by atoms with Gasteiger partial charge >= 0.3 is 0 Å². The second-order valence-electron chi connectivity index (χ2n) is 13.4. The lowest BCUT2D eigenvalue weighted by atomic mass is 9.73. The predicted octanol–water partition coefficient (Wildman–Crippen LogP) is 12.5. The number of aliphatic imine (C=N–C) groups is 1. The van der Waals surface area contributed by atoms with Gasteiger partial charge in [0.2, 0.25) is 0 Å². The Bertz CT molecular complexity index is 2770. The molecule has 1 atom stereocenters. The van der Waals surface area contributed by atoms with E-state index in [1.54, 1.807) is 0 Å². The zero-order chi connectivity index (χ0) is 31.3. The number of rotatable bonds is 2. The number of fused-ring (bicyclic) bond motifs is 9. The number of hydrogen-bond donors (Lipinski definition) is 0. The molecule has 48 heavy (non-hydrogen) atoms. The molecule has 222 valence electrons. The quantitative estimate of drug-likeness (QED) is 0.137. The maximum Gasteiger partial charge on any atom is 0.0665 e. The fraction of sp³-hybridized carbons (Fsp3) is 0.0426. The highest BCUT2D eigenvalue weighted by Crippen LogP contribution is 2.47. The van der Waals surface area contributed by atoms with Gasteiger partial charge in [-0.15, -0.1) is 0 Å². The summed E-state index contributed by atoms with van der Waals surface area (Å²) in [5.41, 5.74) is 13.8. The Kier molecular flexibility index (Phi) is 5.28. The topological polar surface area (TPSA) is 12.4 Å². The molecule has 1 nitrogen and oxygen atoms in total. The second-order valence-corrected chi connectivity index (χ2v) is 13.4. The summed E-state index contributed by atoms with van der Waals surface area (Å²) >= 11 is 0. The van der Waals surface area contributed by atoms with Crippen molar-refractivity contribution in [1.82, 2.24) is 0 Å². The minimum Gasteiger partial charge on any atom is -0.252 e. The summed E-state index contributed by atoms with van der Waals surface area (Å²) < 4.78 is 0. The molecule has 0 amide bonds. The summed E-state index contributed by atoms with van der Waals surface area (Å²) in [4.78, 5) is 5.26. The van der Waals surface area contributed by atoms with E-state index in [0.717, 1.165) is 12.1 Å². The summed E-state index contributed by atoms with van der Waals surface area (Å²) in [5.74, 6) is 0.282. The van der Waals surface area contributed by atoms with E-state index in [-0.39, 0.29) is 5.92 Å². The molecule has 0 radical (unpaired) electrons. The molecule has 0 spiro atoms. The van der Waals surface area contributed by atoms with Gasteiger partial charge in [0, 0.05) is 11.5 Å². The van der Waals surface area contributed by atoms with Crippen molar-refractivity contribution in [2.75, 3.05) is 0 Å². The van der Waals surface area contributed by atoms with E-state index in [9.17, 15) is 0 Å². The van der Waals surface area contributed by atoms with Gasteiger partial charge in [-0.05, 0) is 112 Å². The van der Waals surface area contributed by atoms with Gasteiger partial charge in [-0.3, -0.25) is 4.99 Å². The minimum absolute atomic E-state index is 0.282. The van der Waals surface area contributed by atoms with Crippen molar-refractivity contribution in [1.29, 1.82) is 0 Å². The van der Waals surface area contributed by atoms with Gasteiger partial charge in [-0.25, -0.2) is 0 Å². The smallest absolute Gasteiger partial charge is 0.0665 e. The Hall–Kier alpha value is -6.05. The molecule has 11 rings (SSSR count). The second kappa shape index (κ2) is 9.73. The van der Waals surface area contributed by atoms with Crippen LogP contribution in [0.25, 0.3) is 76.5 Å². The SMILES string of the molecule is c1cc(-c2ccc3c(c2)-c2ccccc2C2Cc4ccccc4N=C32)cc(-c2ccc3c4cccc5cccc(c6cccc2c63)c54)c1. The standard InChI is InChI=1S/C47H29N/c1-4-20-44-32(9-1)27-43-35-15-3-2-14-34(35)42-26-30(21-22-41(42)47(43)48-44)29-12-5-13-31(25-29)33-23-24-40-38-17-7-11-28-10-6-16-37(45(28)38)39-19-8-18-36(33)46(39)40/h1-26,43H,27H2. The number of para-hydroxylation sites is 1. The van der Waals surface area contributed by atoms with Crippen molar-refractivity contribution < 1.29 is 0 Å². The van der Waals surface area contributed by atoms with Crippen LogP contribution in [-0.2, 0) is 6.42 Å². The number of hydrogen-bond acceptors (Lipinski definition) is 1. The van der Waals surface area contributed by atoms with Crippen LogP contribution >= 0.6 is 0 Å². The Morgan fingerprint density at radius 1 is 0.417 bits per heavy atom. The van der Waals surface area contributed by atoms with Crippen molar-refractivity contribution in [3.63, 3.8) is 0 Å². The number of nitrogens with zero attached hydrogens (tertiary/aromatic N) is 1. The highest BCUT2D eigenvalue weighted by molar-refractivity contribution is 6.34. The van der Waals surface area contributed by atoms with E-state index in [1.165, 1.54) is 98.9 Å². The lowest BCUT2D eigenvalue weighted by molar-refractivity contribution is 0.855. The van der Waals surface area contributed by atoms with E-state index in [1.807, 2.05) is 0 Å². The third-order valence-corrected chi connectivity index (χ3v) is 10.9. The Morgan fingerprint density at radius 3 is 1.98 bits per heavy atom. The van der Waals surface area contributed by atoms with E-state index < -0.39 is 0 Å². The lowest BCUT2D eigenvalue weighted by Gasteiger charge is -2.33. The van der Waals surface area contributed by atoms with Crippen LogP contribution in [0.1, 0.15) is 22.6 Å². The van der Waals surface area contributed by atoms with E-state index >= 15 is 0 Å². The van der Waals surface area contributed by atoms with Crippen LogP contribution in [0.4, 0.5) is 5.69 Å². The minimum atomic E-state index is 0.282. The first-order valence-corrected chi connectivity index (χ1v) is 16.9. The molecule has 1 aliphatic heterocycles. The van der Waals surface area contributed by atoms with Crippen LogP contribution in [0.5, 0.6) is 0 Å². The first-order valence-electron chi connectivity index (χ1n) is 16.9.